The molecule has 0 fully saturated rings. The summed E-state index contributed by atoms with van der Waals surface area (Å²) in [4.78, 5) is 1.72. The Morgan fingerprint density at radius 2 is 2.00 bits per heavy atom. The molecule has 0 amide bonds. The summed E-state index contributed by atoms with van der Waals surface area (Å²) in [7, 11) is 1.76. The maximum absolute atomic E-state index is 12.3. The first-order valence-electron chi connectivity index (χ1n) is 3.57. The highest BCUT2D eigenvalue weighted by Crippen LogP contribution is 2.17. The molecule has 0 unspecified atom stereocenters. The van der Waals surface area contributed by atoms with Gasteiger partial charge in [0.1, 0.15) is 0 Å². The highest BCUT2D eigenvalue weighted by molar-refractivity contribution is 4.86. The molecule has 0 aromatic carbocycles. The van der Waals surface area contributed by atoms with E-state index in [4.69, 9.17) is 0 Å². The van der Waals surface area contributed by atoms with Crippen molar-refractivity contribution in [2.75, 3.05) is 13.6 Å². The van der Waals surface area contributed by atoms with Gasteiger partial charge in [-0.3, -0.25) is 0 Å². The van der Waals surface area contributed by atoms with E-state index >= 15 is 0 Å². The molecule has 11 heavy (non-hydrogen) atoms. The molecule has 0 aliphatic rings. The van der Waals surface area contributed by atoms with E-state index in [1.54, 1.807) is 18.9 Å². The number of allylic oxidation sites excluding steroid dienone is 1. The quantitative estimate of drug-likeness (QED) is 0.615. The molecule has 0 atom stereocenters. The van der Waals surface area contributed by atoms with E-state index in [1.807, 2.05) is 0 Å². The zero-order valence-corrected chi connectivity index (χ0v) is 7.32. The molecule has 0 spiro atoms. The van der Waals surface area contributed by atoms with E-state index in [0.717, 1.165) is 12.6 Å². The Hall–Kier alpha value is -0.600. The van der Waals surface area contributed by atoms with Gasteiger partial charge in [0.15, 0.2) is 0 Å². The van der Waals surface area contributed by atoms with Gasteiger partial charge < -0.3 is 4.90 Å². The lowest BCUT2D eigenvalue weighted by molar-refractivity contribution is 0.00747. The van der Waals surface area contributed by atoms with Crippen molar-refractivity contribution in [2.45, 2.75) is 26.2 Å². The zero-order chi connectivity index (χ0) is 9.07. The van der Waals surface area contributed by atoms with Crippen molar-refractivity contribution in [1.29, 1.82) is 0 Å². The van der Waals surface area contributed by atoms with Crippen LogP contribution in [0.2, 0.25) is 0 Å². The maximum atomic E-state index is 12.3. The third-order valence-electron chi connectivity index (χ3n) is 1.54. The van der Waals surface area contributed by atoms with Crippen LogP contribution in [-0.2, 0) is 0 Å². The van der Waals surface area contributed by atoms with Crippen molar-refractivity contribution >= 4 is 0 Å². The number of rotatable bonds is 4. The minimum Gasteiger partial charge on any atom is -0.378 e. The Labute approximate surface area is 66.7 Å². The molecule has 0 aliphatic heterocycles. The van der Waals surface area contributed by atoms with Crippen LogP contribution in [0, 0.1) is 0 Å². The molecule has 3 heteroatoms. The Morgan fingerprint density at radius 3 is 2.27 bits per heavy atom. The molecule has 0 bridgehead atoms. The van der Waals surface area contributed by atoms with Crippen molar-refractivity contribution < 1.29 is 8.78 Å². The Bertz CT molecular complexity index is 138. The predicted octanol–water partition coefficient (Wildman–Crippen LogP) is 2.50. The van der Waals surface area contributed by atoms with E-state index in [0.29, 0.717) is 6.54 Å². The van der Waals surface area contributed by atoms with E-state index < -0.39 is 5.92 Å². The van der Waals surface area contributed by atoms with Gasteiger partial charge in [0.25, 0.3) is 0 Å². The van der Waals surface area contributed by atoms with Gasteiger partial charge in [-0.2, -0.15) is 0 Å². The Balaban J connectivity index is 3.63. The first kappa shape index (κ1) is 10.4. The largest absolute Gasteiger partial charge is 0.378 e. The van der Waals surface area contributed by atoms with Crippen LogP contribution >= 0.6 is 0 Å². The third kappa shape index (κ3) is 5.83. The second kappa shape index (κ2) is 3.69. The third-order valence-corrected chi connectivity index (χ3v) is 1.54. The van der Waals surface area contributed by atoms with Gasteiger partial charge in [0.05, 0.1) is 0 Å². The molecule has 0 radical (unpaired) electrons. The van der Waals surface area contributed by atoms with Gasteiger partial charge in [-0.05, 0) is 13.8 Å². The molecule has 66 valence electrons. The van der Waals surface area contributed by atoms with Crippen LogP contribution in [0.1, 0.15) is 20.3 Å². The average Bonchev–Trinajstić information content (AvgIpc) is 1.80. The molecule has 0 aliphatic carbocycles. The van der Waals surface area contributed by atoms with Gasteiger partial charge in [0.2, 0.25) is 5.92 Å². The van der Waals surface area contributed by atoms with E-state index in [2.05, 4.69) is 6.58 Å². The average molecular weight is 163 g/mol. The topological polar surface area (TPSA) is 3.24 Å². The fraction of sp³-hybridized carbons (Fsp3) is 0.750. The van der Waals surface area contributed by atoms with Crippen molar-refractivity contribution in [3.8, 4) is 0 Å². The SMILES string of the molecule is C=C(C)N(C)CCC(C)(F)F. The molecular formula is C8H15F2N. The summed E-state index contributed by atoms with van der Waals surface area (Å²) in [6, 6.07) is 0. The molecule has 0 saturated heterocycles. The van der Waals surface area contributed by atoms with Crippen LogP contribution in [0.4, 0.5) is 8.78 Å². The first-order chi connectivity index (χ1) is 4.83. The number of nitrogens with zero attached hydrogens (tertiary/aromatic N) is 1. The standard InChI is InChI=1S/C8H15F2N/c1-7(2)11(4)6-5-8(3,9)10/h1,5-6H2,2-4H3. The highest BCUT2D eigenvalue weighted by atomic mass is 19.3. The van der Waals surface area contributed by atoms with Gasteiger partial charge in [-0.25, -0.2) is 8.78 Å². The lowest BCUT2D eigenvalue weighted by Crippen LogP contribution is -2.23. The Morgan fingerprint density at radius 1 is 1.55 bits per heavy atom. The highest BCUT2D eigenvalue weighted by Gasteiger charge is 2.20. The van der Waals surface area contributed by atoms with Gasteiger partial charge in [0, 0.05) is 25.7 Å². The van der Waals surface area contributed by atoms with E-state index in [-0.39, 0.29) is 6.42 Å². The second-order valence-electron chi connectivity index (χ2n) is 2.98. The van der Waals surface area contributed by atoms with Crippen molar-refractivity contribution in [1.82, 2.24) is 4.90 Å². The van der Waals surface area contributed by atoms with Crippen molar-refractivity contribution in [3.05, 3.63) is 12.3 Å². The summed E-state index contributed by atoms with van der Waals surface area (Å²) in [5.74, 6) is -2.57. The molecule has 0 aromatic heterocycles. The van der Waals surface area contributed by atoms with Crippen LogP contribution in [-0.4, -0.2) is 24.4 Å². The molecule has 0 N–H and O–H groups in total. The Kier molecular flexibility index (Phi) is 3.49. The smallest absolute Gasteiger partial charge is 0.247 e. The number of halogens is 2. The van der Waals surface area contributed by atoms with Gasteiger partial charge in [-0.15, -0.1) is 0 Å². The van der Waals surface area contributed by atoms with E-state index in [9.17, 15) is 8.78 Å². The minimum absolute atomic E-state index is 0.115. The van der Waals surface area contributed by atoms with Gasteiger partial charge in [-0.1, -0.05) is 6.58 Å². The molecular weight excluding hydrogens is 148 g/mol. The zero-order valence-electron chi connectivity index (χ0n) is 7.32. The number of hydrogen-bond acceptors (Lipinski definition) is 1. The lowest BCUT2D eigenvalue weighted by Gasteiger charge is -2.20. The van der Waals surface area contributed by atoms with E-state index in [1.165, 1.54) is 0 Å². The fourth-order valence-corrected chi connectivity index (χ4v) is 0.555. The predicted molar refractivity (Wildman–Crippen MR) is 42.7 cm³/mol. The van der Waals surface area contributed by atoms with Crippen molar-refractivity contribution in [2.24, 2.45) is 0 Å². The molecule has 1 nitrogen and oxygen atoms in total. The molecule has 0 rings (SSSR count). The first-order valence-corrected chi connectivity index (χ1v) is 3.57. The van der Waals surface area contributed by atoms with Crippen LogP contribution in [0.15, 0.2) is 12.3 Å². The van der Waals surface area contributed by atoms with Crippen LogP contribution in [0.25, 0.3) is 0 Å². The monoisotopic (exact) mass is 163 g/mol. The molecule has 0 heterocycles. The summed E-state index contributed by atoms with van der Waals surface area (Å²) < 4.78 is 24.6. The summed E-state index contributed by atoms with van der Waals surface area (Å²) in [6.45, 7) is 6.73. The lowest BCUT2D eigenvalue weighted by atomic mass is 10.2. The van der Waals surface area contributed by atoms with Crippen molar-refractivity contribution in [3.63, 3.8) is 0 Å². The summed E-state index contributed by atoms with van der Waals surface area (Å²) in [6.07, 6.45) is -0.115. The molecule has 0 saturated carbocycles. The van der Waals surface area contributed by atoms with Crippen LogP contribution < -0.4 is 0 Å². The van der Waals surface area contributed by atoms with Gasteiger partial charge >= 0.3 is 0 Å². The minimum atomic E-state index is -2.57. The van der Waals surface area contributed by atoms with Crippen LogP contribution in [0.3, 0.4) is 0 Å². The number of hydrogen-bond donors (Lipinski definition) is 0. The fourth-order valence-electron chi connectivity index (χ4n) is 0.555. The maximum Gasteiger partial charge on any atom is 0.247 e. The summed E-state index contributed by atoms with van der Waals surface area (Å²) in [5.41, 5.74) is 0.814. The number of alkyl halides is 2. The summed E-state index contributed by atoms with van der Waals surface area (Å²) >= 11 is 0. The molecule has 0 aromatic rings. The normalized spacial score (nSPS) is 11.4. The second-order valence-corrected chi connectivity index (χ2v) is 2.98. The summed E-state index contributed by atoms with van der Waals surface area (Å²) in [5, 5.41) is 0. The van der Waals surface area contributed by atoms with Crippen LogP contribution in [0.5, 0.6) is 0 Å².